The van der Waals surface area contributed by atoms with E-state index in [2.05, 4.69) is 107 Å². The number of ether oxygens (including phenoxy) is 2. The molecular weight excluding hydrogens is 1940 g/mol. The first-order valence-electron chi connectivity index (χ1n) is 37.2. The maximum atomic E-state index is 12.9. The molecule has 67 heteroatoms. The molecule has 720 valence electrons. The number of amides is 7. The molecule has 4 aromatic rings. The largest absolute Gasteiger partial charge is 0.490 e. The Morgan fingerprint density at radius 2 is 0.907 bits per heavy atom. The second kappa shape index (κ2) is 52.3. The Hall–Kier alpha value is -8.25. The number of H-pyrrole nitrogens is 2. The van der Waals surface area contributed by atoms with Crippen LogP contribution < -0.4 is 65.5 Å². The Labute approximate surface area is 742 Å². The molecule has 57 nitrogen and oxygen atoms in total. The lowest BCUT2D eigenvalue weighted by molar-refractivity contribution is -0.147. The van der Waals surface area contributed by atoms with E-state index in [1.54, 1.807) is 0 Å². The standard InChI is InChI=1S/C32H47N8O21P3S2.C30H45N8O20P3S2/c1-17(41)36-20(29(47)35-9-4-2-3-7-24(44)37-19(31(49)50)12-26(45)46)16-66-65-11-8-23(43)34-10-5-6-18-14-40(28-27(18)30(48)39-32(33)38-28)25-13-21(42)22(59-25)15-58-63(54,55)61-64(56,57)60-62(51,52)53;31-17(27(44)34-8-3-1-2-6-22(41)35-18(29(46)47)11-24(42)43)15-63-62-10-7-21(40)33-9-4-5-16-13-38(26-25(16)28(45)37-30(32)36-26)23-12-19(39)20(56-23)14-55-60(51,52)58-61(53,54)57-59(48,49)50/h14,19-22,25,42H,2-4,7-13,15-16H2,1H3,(H,34,43)(H,35,47)(H,36,41)(H,37,44)(H,45,46)(H,49,50)(H,54,55)(H,56,57)(H2,51,52,53)(H3,33,38,39,48);13,17-20,23,39H,1-3,6-12,14-15,31H2,(H,33,40)(H,34,44)(H,35,41)(H,42,43)(H,46,47)(H,51,52)(H,53,54)(H2,48,49,50)(H3,32,36,37,45). The number of nitrogens with one attached hydrogen (secondary N) is 9. The number of hydrogen-bond donors (Lipinski definition) is 26. The Morgan fingerprint density at radius 1 is 0.519 bits per heavy atom. The number of phosphoric acid groups is 6. The Kier molecular flexibility index (Phi) is 45.1. The van der Waals surface area contributed by atoms with Gasteiger partial charge in [0.15, 0.2) is 11.3 Å². The molecule has 0 aliphatic carbocycles. The van der Waals surface area contributed by atoms with Crippen molar-refractivity contribution >= 4 is 189 Å². The number of nitrogens with two attached hydrogens (primary N) is 3. The molecule has 2 saturated heterocycles. The van der Waals surface area contributed by atoms with Gasteiger partial charge in [-0.1, -0.05) is 79.7 Å². The second-order valence-electron chi connectivity index (χ2n) is 26.9. The van der Waals surface area contributed by atoms with Gasteiger partial charge in [-0.05, 0) is 25.7 Å². The molecule has 6 heterocycles. The van der Waals surface area contributed by atoms with Crippen molar-refractivity contribution in [2.24, 2.45) is 5.73 Å². The summed E-state index contributed by atoms with van der Waals surface area (Å²) in [4.78, 5) is 241. The van der Waals surface area contributed by atoms with Crippen LogP contribution in [0.15, 0.2) is 22.0 Å². The van der Waals surface area contributed by atoms with Gasteiger partial charge in [0, 0.05) is 93.9 Å². The van der Waals surface area contributed by atoms with Crippen LogP contribution in [0.25, 0.3) is 22.1 Å². The van der Waals surface area contributed by atoms with Gasteiger partial charge in [0.05, 0.1) is 79.3 Å². The lowest BCUT2D eigenvalue weighted by Crippen LogP contribution is -2.47. The number of carbonyl (C=O) groups is 11. The van der Waals surface area contributed by atoms with Gasteiger partial charge in [-0.25, -0.2) is 37.0 Å². The summed E-state index contributed by atoms with van der Waals surface area (Å²) in [5.74, 6) is 2.49. The average molecular weight is 2030 g/mol. The zero-order chi connectivity index (χ0) is 96.5. The smallest absolute Gasteiger partial charge is 0.481 e. The molecule has 0 saturated carbocycles. The number of carboxylic acids is 4. The molecule has 7 amide bonds. The summed E-state index contributed by atoms with van der Waals surface area (Å²) in [6.45, 7) is -0.451. The van der Waals surface area contributed by atoms with E-state index in [1.165, 1.54) is 71.6 Å². The van der Waals surface area contributed by atoms with Gasteiger partial charge in [-0.2, -0.15) is 27.2 Å². The number of rotatable bonds is 53. The van der Waals surface area contributed by atoms with Crippen molar-refractivity contribution in [3.63, 3.8) is 0 Å². The predicted molar refractivity (Wildman–Crippen MR) is 449 cm³/mol. The number of unbranched alkanes of at least 4 members (excludes halogenated alkanes) is 4. The van der Waals surface area contributed by atoms with E-state index in [0.717, 1.165) is 0 Å². The van der Waals surface area contributed by atoms with Gasteiger partial charge in [0.25, 0.3) is 11.1 Å². The van der Waals surface area contributed by atoms with Crippen LogP contribution in [0, 0.1) is 23.7 Å². The van der Waals surface area contributed by atoms with Gasteiger partial charge >= 0.3 is 70.8 Å². The van der Waals surface area contributed by atoms with Crippen LogP contribution in [0.1, 0.15) is 120 Å². The van der Waals surface area contributed by atoms with Gasteiger partial charge in [0.1, 0.15) is 42.8 Å². The van der Waals surface area contributed by atoms with E-state index in [9.17, 15) is 120 Å². The number of anilines is 2. The van der Waals surface area contributed by atoms with Crippen molar-refractivity contribution in [2.75, 3.05) is 73.9 Å². The predicted octanol–water partition coefficient (Wildman–Crippen LogP) is -2.65. The third-order valence-corrected chi connectivity index (χ3v) is 29.0. The lowest BCUT2D eigenvalue weighted by Gasteiger charge is -2.19. The number of hydrogen-bond acceptors (Lipinski definition) is 38. The van der Waals surface area contributed by atoms with Crippen LogP contribution in [0.3, 0.4) is 0 Å². The molecule has 129 heavy (non-hydrogen) atoms. The minimum Gasteiger partial charge on any atom is -0.481 e. The van der Waals surface area contributed by atoms with E-state index in [1.807, 2.05) is 0 Å². The Balaban J connectivity index is 0.000000458. The molecule has 4 aromatic heterocycles. The number of nitrogens with zero attached hydrogens (tertiary/aromatic N) is 4. The number of carboxylic acid groups (broad SMARTS) is 4. The second-order valence-corrected chi connectivity index (χ2v) is 41.0. The van der Waals surface area contributed by atoms with Crippen molar-refractivity contribution in [1.82, 2.24) is 66.3 Å². The van der Waals surface area contributed by atoms with E-state index in [-0.39, 0.29) is 127 Å². The van der Waals surface area contributed by atoms with Crippen molar-refractivity contribution in [3.05, 3.63) is 44.2 Å². The summed E-state index contributed by atoms with van der Waals surface area (Å²) in [6, 6.07) is -4.80. The number of aliphatic hydroxyl groups is 2. The number of aliphatic hydroxyl groups excluding tert-OH is 2. The third-order valence-electron chi connectivity index (χ3n) is 16.5. The quantitative estimate of drug-likeness (QED) is 0.00929. The first-order chi connectivity index (χ1) is 60.1. The van der Waals surface area contributed by atoms with Crippen LogP contribution in [0.2, 0.25) is 0 Å². The minimum atomic E-state index is -5.80. The number of aromatic amines is 2. The summed E-state index contributed by atoms with van der Waals surface area (Å²) in [5.41, 5.74) is 16.2. The summed E-state index contributed by atoms with van der Waals surface area (Å²) < 4.78 is 107. The van der Waals surface area contributed by atoms with Crippen LogP contribution >= 0.6 is 90.1 Å². The molecule has 2 aliphatic heterocycles. The van der Waals surface area contributed by atoms with E-state index in [0.29, 0.717) is 50.0 Å². The molecule has 0 radical (unpaired) electrons. The third kappa shape index (κ3) is 41.6. The summed E-state index contributed by atoms with van der Waals surface area (Å²) >= 11 is 0. The summed E-state index contributed by atoms with van der Waals surface area (Å²) in [7, 11) is -28.8. The van der Waals surface area contributed by atoms with Crippen LogP contribution in [-0.2, 0) is 116 Å². The van der Waals surface area contributed by atoms with Crippen molar-refractivity contribution < 1.29 is 186 Å². The minimum absolute atomic E-state index is 0.0129. The highest BCUT2D eigenvalue weighted by Gasteiger charge is 2.46. The van der Waals surface area contributed by atoms with Crippen LogP contribution in [0.5, 0.6) is 0 Å². The zero-order valence-electron chi connectivity index (χ0n) is 67.0. The van der Waals surface area contributed by atoms with Gasteiger partial charge in [-0.3, -0.25) is 71.8 Å². The Morgan fingerprint density at radius 3 is 1.28 bits per heavy atom. The van der Waals surface area contributed by atoms with Gasteiger partial charge in [0.2, 0.25) is 53.2 Å². The molecule has 14 atom stereocenters. The summed E-state index contributed by atoms with van der Waals surface area (Å²) in [5, 5.41) is 74.0. The van der Waals surface area contributed by atoms with Gasteiger partial charge in [-0.15, -0.1) is 0 Å². The molecule has 14 unspecified atom stereocenters. The highest BCUT2D eigenvalue weighted by molar-refractivity contribution is 8.77. The van der Waals surface area contributed by atoms with Crippen molar-refractivity contribution in [2.45, 2.75) is 158 Å². The highest BCUT2D eigenvalue weighted by atomic mass is 33.1. The number of fused-ring (bicyclic) bond motifs is 2. The average Bonchev–Trinajstić information content (AvgIpc) is 1.62. The topological polar surface area (TPSA) is 911 Å². The maximum absolute atomic E-state index is 12.9. The normalized spacial score (nSPS) is 18.9. The van der Waals surface area contributed by atoms with E-state index >= 15 is 0 Å². The number of phosphoric ester groups is 2. The zero-order valence-corrected chi connectivity index (χ0v) is 75.7. The fraction of sp³-hybridized carbons (Fsp3) is 0.565. The monoisotopic (exact) mass is 2030 g/mol. The number of aliphatic carboxylic acids is 4. The fourth-order valence-electron chi connectivity index (χ4n) is 11.0. The van der Waals surface area contributed by atoms with Crippen molar-refractivity contribution in [1.29, 1.82) is 0 Å². The first kappa shape index (κ1) is 111. The molecular formula is C62H92N16O41P6S4. The SMILES string of the molecule is CC(=O)NC(CSSCCC(=O)NCC#Cc1cn(C2CC(O)C(COP(=O)(O)OP(=O)(O)OP(=O)(O)O)O2)c2nc(N)[nH]c(=O)c12)C(=O)NCCCCCC(=O)NC(CC(=O)O)C(=O)O.Nc1nc2c(c(C#CCNC(=O)CCSSCC(N)C(=O)NCCCCCC(=O)NC(CC(=O)O)C(=O)O)cn2C2CC(O)C(COP(=O)(O)OP(=O)(O)OP(=O)(O)O)O2)c(=O)[nH]1. The maximum Gasteiger partial charge on any atom is 0.490 e. The fourth-order valence-corrected chi connectivity index (χ4v) is 21.3. The molecule has 2 aliphatic rings. The van der Waals surface area contributed by atoms with Crippen LogP contribution in [-0.4, -0.2) is 275 Å². The van der Waals surface area contributed by atoms with E-state index in [4.69, 9.17) is 66.7 Å². The Bertz CT molecular complexity index is 5250. The number of nitrogen functional groups attached to an aromatic ring is 2. The van der Waals surface area contributed by atoms with Crippen molar-refractivity contribution in [3.8, 4) is 23.7 Å². The first-order valence-corrected chi connectivity index (χ1v) is 51.2. The lowest BCUT2D eigenvalue weighted by atomic mass is 10.1. The number of aromatic nitrogens is 6. The molecule has 6 rings (SSSR count). The highest BCUT2D eigenvalue weighted by Crippen LogP contribution is 2.67. The molecule has 0 aromatic carbocycles. The summed E-state index contributed by atoms with van der Waals surface area (Å²) in [6.07, 6.45) is -4.32. The molecule has 2 fully saturated rings. The van der Waals surface area contributed by atoms with Gasteiger partial charge < -0.3 is 143 Å². The molecule has 29 N–H and O–H groups in total. The molecule has 0 spiro atoms. The number of carbonyl (C=O) groups excluding carboxylic acids is 7. The molecule has 0 bridgehead atoms. The van der Waals surface area contributed by atoms with Crippen LogP contribution in [0.4, 0.5) is 11.9 Å². The van der Waals surface area contributed by atoms with E-state index < -0.39 is 204 Å².